The van der Waals surface area contributed by atoms with E-state index in [1.807, 2.05) is 85.8 Å². The second-order valence-corrected chi connectivity index (χ2v) is 9.11. The van der Waals surface area contributed by atoms with Crippen LogP contribution in [0.15, 0.2) is 97.1 Å². The van der Waals surface area contributed by atoms with E-state index in [2.05, 4.69) is 11.8 Å². The fourth-order valence-electron chi connectivity index (χ4n) is 4.71. The number of carboxylic acid groups (broad SMARTS) is 1. The van der Waals surface area contributed by atoms with Crippen molar-refractivity contribution in [2.45, 2.75) is 38.9 Å². The molecule has 2 atom stereocenters. The molecule has 5 heteroatoms. The molecule has 0 saturated carbocycles. The summed E-state index contributed by atoms with van der Waals surface area (Å²) in [4.78, 5) is 14.3. The van der Waals surface area contributed by atoms with Crippen LogP contribution in [0.5, 0.6) is 0 Å². The number of aryl methyl sites for hydroxylation is 1. The van der Waals surface area contributed by atoms with Crippen LogP contribution in [0.3, 0.4) is 0 Å². The van der Waals surface area contributed by atoms with Crippen LogP contribution in [-0.4, -0.2) is 16.0 Å². The van der Waals surface area contributed by atoms with Gasteiger partial charge in [0.2, 0.25) is 0 Å². The average molecular weight is 486 g/mol. The van der Waals surface area contributed by atoms with Gasteiger partial charge in [0, 0.05) is 30.3 Å². The van der Waals surface area contributed by atoms with E-state index in [1.54, 1.807) is 0 Å². The van der Waals surface area contributed by atoms with Crippen LogP contribution in [-0.2, 0) is 11.3 Å². The first-order valence-corrected chi connectivity index (χ1v) is 11.9. The Balaban J connectivity index is 1.83. The SMILES string of the molecule is Cc1cc(-c2ccc(F)cc2F)cc(C(CC(=O)O)N(Cc2ccccc2)[C@H](C)c2ccccc2)c1. The third kappa shape index (κ3) is 6.04. The van der Waals surface area contributed by atoms with Crippen LogP contribution in [0.1, 0.15) is 47.7 Å². The van der Waals surface area contributed by atoms with Crippen molar-refractivity contribution < 1.29 is 18.7 Å². The van der Waals surface area contributed by atoms with Gasteiger partial charge in [0.25, 0.3) is 0 Å². The van der Waals surface area contributed by atoms with Crippen LogP contribution < -0.4 is 0 Å². The minimum atomic E-state index is -0.922. The summed E-state index contributed by atoms with van der Waals surface area (Å²) in [6.45, 7) is 4.50. The van der Waals surface area contributed by atoms with Crippen molar-refractivity contribution in [2.75, 3.05) is 0 Å². The van der Waals surface area contributed by atoms with Crippen LogP contribution in [0.2, 0.25) is 0 Å². The number of rotatable bonds is 9. The van der Waals surface area contributed by atoms with Crippen molar-refractivity contribution >= 4 is 5.97 Å². The number of halogens is 2. The van der Waals surface area contributed by atoms with Gasteiger partial charge < -0.3 is 5.11 Å². The monoisotopic (exact) mass is 485 g/mol. The van der Waals surface area contributed by atoms with Gasteiger partial charge in [0.1, 0.15) is 11.6 Å². The summed E-state index contributed by atoms with van der Waals surface area (Å²) in [5.41, 5.74) is 4.64. The molecule has 1 N–H and O–H groups in total. The molecule has 0 aliphatic rings. The van der Waals surface area contributed by atoms with Gasteiger partial charge in [0.05, 0.1) is 6.42 Å². The number of nitrogens with zero attached hydrogens (tertiary/aromatic N) is 1. The van der Waals surface area contributed by atoms with E-state index in [0.29, 0.717) is 12.1 Å². The highest BCUT2D eigenvalue weighted by Gasteiger charge is 2.29. The van der Waals surface area contributed by atoms with Gasteiger partial charge in [-0.2, -0.15) is 0 Å². The summed E-state index contributed by atoms with van der Waals surface area (Å²) in [6.07, 6.45) is -0.126. The maximum Gasteiger partial charge on any atom is 0.305 e. The summed E-state index contributed by atoms with van der Waals surface area (Å²) in [7, 11) is 0. The van der Waals surface area contributed by atoms with Crippen molar-refractivity contribution in [1.82, 2.24) is 4.90 Å². The predicted molar refractivity (Wildman–Crippen MR) is 138 cm³/mol. The van der Waals surface area contributed by atoms with Gasteiger partial charge in [0.15, 0.2) is 0 Å². The molecule has 4 rings (SSSR count). The van der Waals surface area contributed by atoms with E-state index in [1.165, 1.54) is 12.1 Å². The van der Waals surface area contributed by atoms with Crippen molar-refractivity contribution in [3.8, 4) is 11.1 Å². The second kappa shape index (κ2) is 11.3. The molecule has 0 amide bonds. The minimum Gasteiger partial charge on any atom is -0.481 e. The van der Waals surface area contributed by atoms with E-state index in [4.69, 9.17) is 0 Å². The third-order valence-corrected chi connectivity index (χ3v) is 6.48. The van der Waals surface area contributed by atoms with Crippen LogP contribution in [0, 0.1) is 18.6 Å². The lowest BCUT2D eigenvalue weighted by Crippen LogP contribution is -2.33. The Morgan fingerprint density at radius 1 is 0.861 bits per heavy atom. The lowest BCUT2D eigenvalue weighted by molar-refractivity contribution is -0.138. The van der Waals surface area contributed by atoms with Crippen molar-refractivity contribution in [3.63, 3.8) is 0 Å². The quantitative estimate of drug-likeness (QED) is 0.264. The number of hydrogen-bond donors (Lipinski definition) is 1. The first kappa shape index (κ1) is 25.3. The molecule has 0 radical (unpaired) electrons. The lowest BCUT2D eigenvalue weighted by Gasteiger charge is -2.37. The maximum absolute atomic E-state index is 14.7. The highest BCUT2D eigenvalue weighted by atomic mass is 19.1. The predicted octanol–water partition coefficient (Wildman–Crippen LogP) is 7.72. The molecule has 3 nitrogen and oxygen atoms in total. The first-order valence-electron chi connectivity index (χ1n) is 11.9. The zero-order valence-corrected chi connectivity index (χ0v) is 20.4. The molecular formula is C31H29F2NO2. The first-order chi connectivity index (χ1) is 17.3. The van der Waals surface area contributed by atoms with E-state index < -0.39 is 23.6 Å². The van der Waals surface area contributed by atoms with Crippen molar-refractivity contribution in [2.24, 2.45) is 0 Å². The second-order valence-electron chi connectivity index (χ2n) is 9.11. The third-order valence-electron chi connectivity index (χ3n) is 6.48. The Hall–Kier alpha value is -3.83. The minimum absolute atomic E-state index is 0.0951. The van der Waals surface area contributed by atoms with Gasteiger partial charge in [-0.05, 0) is 54.3 Å². The number of benzene rings is 4. The molecule has 0 bridgehead atoms. The molecule has 0 saturated heterocycles. The van der Waals surface area contributed by atoms with Crippen molar-refractivity contribution in [3.05, 3.63) is 131 Å². The Kier molecular flexibility index (Phi) is 7.91. The Morgan fingerprint density at radius 3 is 2.17 bits per heavy atom. The van der Waals surface area contributed by atoms with Gasteiger partial charge >= 0.3 is 5.97 Å². The summed E-state index contributed by atoms with van der Waals surface area (Å²) < 4.78 is 28.2. The number of aliphatic carboxylic acids is 1. The highest BCUT2D eigenvalue weighted by Crippen LogP contribution is 2.37. The fraction of sp³-hybridized carbons (Fsp3) is 0.194. The van der Waals surface area contributed by atoms with E-state index in [-0.39, 0.29) is 18.0 Å². The zero-order chi connectivity index (χ0) is 25.7. The van der Waals surface area contributed by atoms with Gasteiger partial charge in [-0.25, -0.2) is 8.78 Å². The molecule has 0 fully saturated rings. The maximum atomic E-state index is 14.7. The molecule has 36 heavy (non-hydrogen) atoms. The van der Waals surface area contributed by atoms with Crippen molar-refractivity contribution in [1.29, 1.82) is 0 Å². The smallest absolute Gasteiger partial charge is 0.305 e. The summed E-state index contributed by atoms with van der Waals surface area (Å²) in [6, 6.07) is 28.5. The standard InChI is InChI=1S/C31H29F2NO2/c1-21-15-25(28-14-13-27(32)18-29(28)33)17-26(16-21)30(19-31(35)36)34(20-23-9-5-3-6-10-23)22(2)24-11-7-4-8-12-24/h3-18,22,30H,19-20H2,1-2H3,(H,35,36)/t22-,30?/m1/s1. The highest BCUT2D eigenvalue weighted by molar-refractivity contribution is 5.69. The lowest BCUT2D eigenvalue weighted by atomic mass is 9.92. The molecule has 0 aromatic heterocycles. The summed E-state index contributed by atoms with van der Waals surface area (Å²) in [5, 5.41) is 9.91. The van der Waals surface area contributed by atoms with E-state index >= 15 is 0 Å². The number of carbonyl (C=O) groups is 1. The molecule has 0 heterocycles. The normalized spacial score (nSPS) is 12.9. The summed E-state index contributed by atoms with van der Waals surface area (Å²) >= 11 is 0. The fourth-order valence-corrected chi connectivity index (χ4v) is 4.71. The molecule has 0 spiro atoms. The van der Waals surface area contributed by atoms with Crippen LogP contribution in [0.4, 0.5) is 8.78 Å². The Labute approximate surface area is 210 Å². The van der Waals surface area contributed by atoms with E-state index in [9.17, 15) is 18.7 Å². The number of hydrogen-bond acceptors (Lipinski definition) is 2. The average Bonchev–Trinajstić information content (AvgIpc) is 2.86. The van der Waals surface area contributed by atoms with Gasteiger partial charge in [-0.1, -0.05) is 78.4 Å². The Bertz CT molecular complexity index is 1330. The molecule has 0 aliphatic carbocycles. The van der Waals surface area contributed by atoms with Gasteiger partial charge in [-0.15, -0.1) is 0 Å². The topological polar surface area (TPSA) is 40.5 Å². The molecule has 0 aliphatic heterocycles. The Morgan fingerprint density at radius 2 is 1.53 bits per heavy atom. The molecule has 4 aromatic rings. The van der Waals surface area contributed by atoms with Gasteiger partial charge in [-0.3, -0.25) is 9.69 Å². The largest absolute Gasteiger partial charge is 0.481 e. The van der Waals surface area contributed by atoms with E-state index in [0.717, 1.165) is 28.3 Å². The summed E-state index contributed by atoms with van der Waals surface area (Å²) in [5.74, 6) is -2.21. The zero-order valence-electron chi connectivity index (χ0n) is 20.4. The van der Waals surface area contributed by atoms with Crippen LogP contribution >= 0.6 is 0 Å². The molecular weight excluding hydrogens is 456 g/mol. The molecule has 1 unspecified atom stereocenters. The molecule has 184 valence electrons. The number of carboxylic acids is 1. The van der Waals surface area contributed by atoms with Crippen LogP contribution in [0.25, 0.3) is 11.1 Å². The molecule has 4 aromatic carbocycles.